The van der Waals surface area contributed by atoms with Crippen molar-refractivity contribution < 1.29 is 8.42 Å². The minimum absolute atomic E-state index is 0.240. The van der Waals surface area contributed by atoms with Crippen molar-refractivity contribution in [3.63, 3.8) is 0 Å². The lowest BCUT2D eigenvalue weighted by atomic mass is 10.4. The molecule has 1 N–H and O–H groups in total. The standard InChI is InChI=1S/C12H11Br2NO2S2/c1-8-2-4-10(18-8)7-15-19(16,17)12-5-3-9(13)6-11(12)14/h2-6,15H,7H2,1H3. The zero-order valence-electron chi connectivity index (χ0n) is 9.98. The number of benzene rings is 1. The third-order valence-electron chi connectivity index (χ3n) is 2.42. The van der Waals surface area contributed by atoms with Crippen LogP contribution in [0.5, 0.6) is 0 Å². The topological polar surface area (TPSA) is 46.2 Å². The van der Waals surface area contributed by atoms with E-state index in [9.17, 15) is 8.42 Å². The highest BCUT2D eigenvalue weighted by Gasteiger charge is 2.17. The highest BCUT2D eigenvalue weighted by Crippen LogP contribution is 2.26. The van der Waals surface area contributed by atoms with E-state index in [1.165, 1.54) is 4.88 Å². The number of hydrogen-bond donors (Lipinski definition) is 1. The monoisotopic (exact) mass is 423 g/mol. The predicted octanol–water partition coefficient (Wildman–Crippen LogP) is 4.06. The van der Waals surface area contributed by atoms with Crippen molar-refractivity contribution in [2.75, 3.05) is 0 Å². The number of halogens is 2. The highest BCUT2D eigenvalue weighted by molar-refractivity contribution is 9.11. The van der Waals surface area contributed by atoms with Gasteiger partial charge in [0.25, 0.3) is 0 Å². The zero-order chi connectivity index (χ0) is 14.0. The molecule has 0 aliphatic carbocycles. The summed E-state index contributed by atoms with van der Waals surface area (Å²) in [4.78, 5) is 2.40. The Balaban J connectivity index is 2.18. The Morgan fingerprint density at radius 1 is 1.21 bits per heavy atom. The lowest BCUT2D eigenvalue weighted by molar-refractivity contribution is 0.581. The fourth-order valence-electron chi connectivity index (χ4n) is 1.52. The van der Waals surface area contributed by atoms with Crippen molar-refractivity contribution in [3.05, 3.63) is 49.0 Å². The van der Waals surface area contributed by atoms with Crippen molar-refractivity contribution in [2.24, 2.45) is 0 Å². The fourth-order valence-corrected chi connectivity index (χ4v) is 5.19. The lowest BCUT2D eigenvalue weighted by Gasteiger charge is -2.08. The molecular weight excluding hydrogens is 414 g/mol. The van der Waals surface area contributed by atoms with Crippen LogP contribution in [0, 0.1) is 6.92 Å². The smallest absolute Gasteiger partial charge is 0.207 e. The zero-order valence-corrected chi connectivity index (χ0v) is 14.8. The molecule has 102 valence electrons. The van der Waals surface area contributed by atoms with E-state index >= 15 is 0 Å². The summed E-state index contributed by atoms with van der Waals surface area (Å²) >= 11 is 8.15. The summed E-state index contributed by atoms with van der Waals surface area (Å²) < 4.78 is 28.4. The van der Waals surface area contributed by atoms with E-state index in [2.05, 4.69) is 36.6 Å². The third-order valence-corrected chi connectivity index (χ3v) is 6.29. The van der Waals surface area contributed by atoms with Gasteiger partial charge in [-0.3, -0.25) is 0 Å². The van der Waals surface area contributed by atoms with Crippen LogP contribution < -0.4 is 4.72 Å². The van der Waals surface area contributed by atoms with Gasteiger partial charge < -0.3 is 0 Å². The molecule has 0 spiro atoms. The molecule has 0 amide bonds. The van der Waals surface area contributed by atoms with E-state index in [1.54, 1.807) is 29.5 Å². The molecule has 1 heterocycles. The molecule has 0 saturated carbocycles. The van der Waals surface area contributed by atoms with E-state index < -0.39 is 10.0 Å². The van der Waals surface area contributed by atoms with Gasteiger partial charge in [-0.15, -0.1) is 11.3 Å². The summed E-state index contributed by atoms with van der Waals surface area (Å²) in [7, 11) is -3.51. The first-order chi connectivity index (χ1) is 8.88. The van der Waals surface area contributed by atoms with Crippen molar-refractivity contribution in [1.29, 1.82) is 0 Å². The van der Waals surface area contributed by atoms with Crippen LogP contribution in [0.1, 0.15) is 9.75 Å². The summed E-state index contributed by atoms with van der Waals surface area (Å²) in [5, 5.41) is 0. The van der Waals surface area contributed by atoms with Gasteiger partial charge in [-0.05, 0) is 53.2 Å². The van der Waals surface area contributed by atoms with Gasteiger partial charge in [0.1, 0.15) is 0 Å². The quantitative estimate of drug-likeness (QED) is 0.804. The lowest BCUT2D eigenvalue weighted by Crippen LogP contribution is -2.23. The first kappa shape index (κ1) is 15.2. The SMILES string of the molecule is Cc1ccc(CNS(=O)(=O)c2ccc(Br)cc2Br)s1. The van der Waals surface area contributed by atoms with E-state index in [4.69, 9.17) is 0 Å². The molecule has 0 atom stereocenters. The van der Waals surface area contributed by atoms with Crippen LogP contribution in [0.2, 0.25) is 0 Å². The molecule has 7 heteroatoms. The molecule has 2 rings (SSSR count). The molecule has 19 heavy (non-hydrogen) atoms. The van der Waals surface area contributed by atoms with Crippen molar-refractivity contribution in [1.82, 2.24) is 4.72 Å². The minimum atomic E-state index is -3.51. The van der Waals surface area contributed by atoms with Crippen LogP contribution in [-0.2, 0) is 16.6 Å². The normalized spacial score (nSPS) is 11.7. The summed E-state index contributed by atoms with van der Waals surface area (Å²) in [6.07, 6.45) is 0. The van der Waals surface area contributed by atoms with Gasteiger partial charge >= 0.3 is 0 Å². The van der Waals surface area contributed by atoms with Crippen molar-refractivity contribution in [2.45, 2.75) is 18.4 Å². The Morgan fingerprint density at radius 3 is 2.53 bits per heavy atom. The Morgan fingerprint density at radius 2 is 1.95 bits per heavy atom. The van der Waals surface area contributed by atoms with Gasteiger partial charge in [0.2, 0.25) is 10.0 Å². The van der Waals surface area contributed by atoms with E-state index in [0.717, 1.165) is 9.35 Å². The van der Waals surface area contributed by atoms with Crippen molar-refractivity contribution in [3.8, 4) is 0 Å². The second kappa shape index (κ2) is 6.05. The maximum Gasteiger partial charge on any atom is 0.242 e. The van der Waals surface area contributed by atoms with Gasteiger partial charge in [0, 0.05) is 25.2 Å². The molecule has 0 saturated heterocycles. The predicted molar refractivity (Wildman–Crippen MR) is 84.9 cm³/mol. The highest BCUT2D eigenvalue weighted by atomic mass is 79.9. The molecular formula is C12H11Br2NO2S2. The van der Waals surface area contributed by atoms with E-state index in [0.29, 0.717) is 11.0 Å². The molecule has 1 aromatic heterocycles. The number of nitrogens with one attached hydrogen (secondary N) is 1. The van der Waals surface area contributed by atoms with Gasteiger partial charge in [0.15, 0.2) is 0 Å². The molecule has 0 aliphatic heterocycles. The molecule has 0 bridgehead atoms. The number of hydrogen-bond acceptors (Lipinski definition) is 3. The maximum absolute atomic E-state index is 12.2. The minimum Gasteiger partial charge on any atom is -0.207 e. The van der Waals surface area contributed by atoms with E-state index in [-0.39, 0.29) is 4.90 Å². The van der Waals surface area contributed by atoms with Crippen LogP contribution in [0.4, 0.5) is 0 Å². The summed E-state index contributed by atoms with van der Waals surface area (Å²) in [6, 6.07) is 8.89. The van der Waals surface area contributed by atoms with Gasteiger partial charge in [-0.1, -0.05) is 15.9 Å². The Hall–Kier alpha value is -0.210. The Bertz CT molecular complexity index is 696. The first-order valence-electron chi connectivity index (χ1n) is 5.38. The van der Waals surface area contributed by atoms with Crippen LogP contribution in [0.15, 0.2) is 44.2 Å². The molecule has 0 aliphatic rings. The fraction of sp³-hybridized carbons (Fsp3) is 0.167. The number of aryl methyl sites for hydroxylation is 1. The second-order valence-electron chi connectivity index (χ2n) is 3.91. The van der Waals surface area contributed by atoms with Crippen LogP contribution in [-0.4, -0.2) is 8.42 Å². The van der Waals surface area contributed by atoms with Gasteiger partial charge in [0.05, 0.1) is 4.90 Å². The average Bonchev–Trinajstić information content (AvgIpc) is 2.72. The second-order valence-corrected chi connectivity index (χ2v) is 8.79. The Kier molecular flexibility index (Phi) is 4.84. The number of thiophene rings is 1. The van der Waals surface area contributed by atoms with Crippen LogP contribution in [0.25, 0.3) is 0 Å². The Labute approximate surface area is 133 Å². The first-order valence-corrected chi connectivity index (χ1v) is 9.27. The van der Waals surface area contributed by atoms with Crippen LogP contribution in [0.3, 0.4) is 0 Å². The van der Waals surface area contributed by atoms with Gasteiger partial charge in [-0.2, -0.15) is 0 Å². The van der Waals surface area contributed by atoms with Crippen LogP contribution >= 0.6 is 43.2 Å². The summed E-state index contributed by atoms with van der Waals surface area (Å²) in [5.41, 5.74) is 0. The third kappa shape index (κ3) is 3.88. The molecule has 2 aromatic rings. The molecule has 0 radical (unpaired) electrons. The molecule has 3 nitrogen and oxygen atoms in total. The van der Waals surface area contributed by atoms with E-state index in [1.807, 2.05) is 19.1 Å². The summed E-state index contributed by atoms with van der Waals surface area (Å²) in [5.74, 6) is 0. The van der Waals surface area contributed by atoms with Gasteiger partial charge in [-0.25, -0.2) is 13.1 Å². The largest absolute Gasteiger partial charge is 0.242 e. The number of rotatable bonds is 4. The molecule has 0 unspecified atom stereocenters. The maximum atomic E-state index is 12.2. The number of sulfonamides is 1. The summed E-state index contributed by atoms with van der Waals surface area (Å²) in [6.45, 7) is 2.30. The molecule has 0 fully saturated rings. The van der Waals surface area contributed by atoms with Crippen molar-refractivity contribution >= 4 is 53.2 Å². The molecule has 1 aromatic carbocycles. The average molecular weight is 425 g/mol.